The van der Waals surface area contributed by atoms with Crippen LogP contribution in [0.25, 0.3) is 0 Å². The highest BCUT2D eigenvalue weighted by atomic mass is 16.5. The number of aromatic nitrogens is 2. The number of nitrogens with one attached hydrogen (secondary N) is 1. The van der Waals surface area contributed by atoms with Crippen LogP contribution >= 0.6 is 0 Å². The summed E-state index contributed by atoms with van der Waals surface area (Å²) >= 11 is 0. The van der Waals surface area contributed by atoms with Crippen LogP contribution in [0.15, 0.2) is 15.8 Å². The molecule has 1 aliphatic rings. The van der Waals surface area contributed by atoms with Crippen LogP contribution in [-0.2, 0) is 4.74 Å². The van der Waals surface area contributed by atoms with E-state index in [0.29, 0.717) is 18.4 Å². The Morgan fingerprint density at radius 1 is 1.72 bits per heavy atom. The average Bonchev–Trinajstić information content (AvgIpc) is 2.79. The van der Waals surface area contributed by atoms with Gasteiger partial charge in [0, 0.05) is 11.8 Å². The molecule has 0 unspecified atom stereocenters. The molecule has 0 aromatic carbocycles. The summed E-state index contributed by atoms with van der Waals surface area (Å²) in [5.74, 6) is 0. The van der Waals surface area contributed by atoms with Crippen LogP contribution in [-0.4, -0.2) is 26.9 Å². The first-order valence-electron chi connectivity index (χ1n) is 5.53. The molecule has 18 heavy (non-hydrogen) atoms. The largest absolute Gasteiger partial charge is 0.392 e. The Morgan fingerprint density at radius 2 is 2.44 bits per heavy atom. The van der Waals surface area contributed by atoms with E-state index in [-0.39, 0.29) is 0 Å². The van der Waals surface area contributed by atoms with E-state index in [1.165, 1.54) is 10.8 Å². The van der Waals surface area contributed by atoms with Gasteiger partial charge in [0.2, 0.25) is 0 Å². The Labute approximate surface area is 102 Å². The number of rotatable bonds is 2. The number of H-pyrrole nitrogens is 1. The Hall–Kier alpha value is -1.91. The number of aliphatic hydroxyl groups excluding tert-OH is 1. The van der Waals surface area contributed by atoms with Gasteiger partial charge in [-0.15, -0.1) is 0 Å². The summed E-state index contributed by atoms with van der Waals surface area (Å²) in [6.45, 7) is 1.16. The second kappa shape index (κ2) is 4.40. The average molecular weight is 251 g/mol. The monoisotopic (exact) mass is 251 g/mol. The van der Waals surface area contributed by atoms with Gasteiger partial charge in [-0.25, -0.2) is 4.79 Å². The molecule has 2 rings (SSSR count). The number of nitriles is 1. The molecule has 0 spiro atoms. The van der Waals surface area contributed by atoms with Crippen LogP contribution < -0.4 is 11.2 Å². The van der Waals surface area contributed by atoms with Gasteiger partial charge in [-0.3, -0.25) is 14.3 Å². The summed E-state index contributed by atoms with van der Waals surface area (Å²) in [5, 5.41) is 18.1. The second-order valence-electron chi connectivity index (χ2n) is 4.35. The fraction of sp³-hybridized carbons (Fsp3) is 0.545. The number of hydrogen-bond acceptors (Lipinski definition) is 5. The van der Waals surface area contributed by atoms with Crippen molar-refractivity contribution in [2.24, 2.45) is 0 Å². The first-order valence-corrected chi connectivity index (χ1v) is 5.53. The fourth-order valence-electron chi connectivity index (χ4n) is 1.96. The number of aromatic amines is 1. The van der Waals surface area contributed by atoms with Crippen molar-refractivity contribution in [1.82, 2.24) is 9.55 Å². The summed E-state index contributed by atoms with van der Waals surface area (Å²) < 4.78 is 6.68. The molecule has 0 amide bonds. The van der Waals surface area contributed by atoms with Gasteiger partial charge in [0.05, 0.1) is 6.61 Å². The molecule has 0 aliphatic carbocycles. The number of aryl methyl sites for hydroxylation is 1. The van der Waals surface area contributed by atoms with Crippen molar-refractivity contribution in [2.45, 2.75) is 31.6 Å². The first-order chi connectivity index (χ1) is 8.51. The van der Waals surface area contributed by atoms with E-state index in [9.17, 15) is 9.59 Å². The molecular weight excluding hydrogens is 238 g/mol. The third-order valence-electron chi connectivity index (χ3n) is 3.07. The zero-order chi connectivity index (χ0) is 13.3. The van der Waals surface area contributed by atoms with Gasteiger partial charge >= 0.3 is 5.69 Å². The highest BCUT2D eigenvalue weighted by Gasteiger charge is 2.41. The maximum absolute atomic E-state index is 11.6. The molecule has 1 fully saturated rings. The molecule has 96 valence electrons. The third kappa shape index (κ3) is 1.96. The van der Waals surface area contributed by atoms with E-state index in [2.05, 4.69) is 4.98 Å². The van der Waals surface area contributed by atoms with E-state index in [1.807, 2.05) is 6.07 Å². The van der Waals surface area contributed by atoms with Crippen molar-refractivity contribution in [2.75, 3.05) is 6.61 Å². The summed E-state index contributed by atoms with van der Waals surface area (Å²) in [6, 6.07) is 1.91. The lowest BCUT2D eigenvalue weighted by atomic mass is 10.0. The van der Waals surface area contributed by atoms with Crippen molar-refractivity contribution in [3.8, 4) is 6.07 Å². The summed E-state index contributed by atoms with van der Waals surface area (Å²) in [5.41, 5.74) is -1.89. The highest BCUT2D eigenvalue weighted by Crippen LogP contribution is 2.34. The predicted octanol–water partition coefficient (Wildman–Crippen LogP) is -0.591. The molecule has 1 saturated heterocycles. The standard InChI is InChI=1S/C11H13N3O4/c1-7-4-14(10(17)13-9(7)16)8-2-3-11(5-12,6-15)18-8/h4,8,15H,2-3,6H2,1H3,(H,13,16,17)/t8-,11-/m0/s1. The van der Waals surface area contributed by atoms with Crippen molar-refractivity contribution < 1.29 is 9.84 Å². The predicted molar refractivity (Wildman–Crippen MR) is 60.8 cm³/mol. The molecule has 0 radical (unpaired) electrons. The summed E-state index contributed by atoms with van der Waals surface area (Å²) in [4.78, 5) is 25.1. The van der Waals surface area contributed by atoms with Crippen LogP contribution in [0.1, 0.15) is 24.6 Å². The van der Waals surface area contributed by atoms with Crippen LogP contribution in [0.4, 0.5) is 0 Å². The SMILES string of the molecule is Cc1cn([C@@H]2CC[C@](C#N)(CO)O2)c(=O)[nH]c1=O. The van der Waals surface area contributed by atoms with Gasteiger partial charge in [0.15, 0.2) is 5.60 Å². The molecule has 1 aliphatic heterocycles. The molecule has 1 aromatic heterocycles. The number of hydrogen-bond donors (Lipinski definition) is 2. The van der Waals surface area contributed by atoms with E-state index in [1.54, 1.807) is 6.92 Å². The molecular formula is C11H13N3O4. The number of ether oxygens (including phenoxy) is 1. The first kappa shape index (κ1) is 12.5. The smallest absolute Gasteiger partial charge is 0.330 e. The minimum absolute atomic E-state index is 0.343. The molecule has 0 bridgehead atoms. The second-order valence-corrected chi connectivity index (χ2v) is 4.35. The van der Waals surface area contributed by atoms with Gasteiger partial charge in [-0.05, 0) is 19.8 Å². The quantitative estimate of drug-likeness (QED) is 0.730. The van der Waals surface area contributed by atoms with Crippen molar-refractivity contribution >= 4 is 0 Å². The van der Waals surface area contributed by atoms with Crippen molar-refractivity contribution in [3.05, 3.63) is 32.6 Å². The zero-order valence-corrected chi connectivity index (χ0v) is 9.84. The third-order valence-corrected chi connectivity index (χ3v) is 3.07. The lowest BCUT2D eigenvalue weighted by molar-refractivity contribution is -0.0661. The van der Waals surface area contributed by atoms with E-state index < -0.39 is 29.7 Å². The molecule has 7 heteroatoms. The Kier molecular flexibility index (Phi) is 3.07. The molecule has 2 atom stereocenters. The van der Waals surface area contributed by atoms with Crippen molar-refractivity contribution in [3.63, 3.8) is 0 Å². The molecule has 2 heterocycles. The minimum atomic E-state index is -1.26. The Bertz CT molecular complexity index is 612. The zero-order valence-electron chi connectivity index (χ0n) is 9.84. The summed E-state index contributed by atoms with van der Waals surface area (Å²) in [6.07, 6.45) is 1.53. The topological polar surface area (TPSA) is 108 Å². The van der Waals surface area contributed by atoms with Gasteiger partial charge in [-0.1, -0.05) is 0 Å². The van der Waals surface area contributed by atoms with E-state index in [4.69, 9.17) is 15.1 Å². The van der Waals surface area contributed by atoms with Gasteiger partial charge in [0.25, 0.3) is 5.56 Å². The normalized spacial score (nSPS) is 27.1. The lowest BCUT2D eigenvalue weighted by Crippen LogP contribution is -2.36. The molecule has 2 N–H and O–H groups in total. The fourth-order valence-corrected chi connectivity index (χ4v) is 1.96. The van der Waals surface area contributed by atoms with Crippen LogP contribution in [0.5, 0.6) is 0 Å². The van der Waals surface area contributed by atoms with Crippen LogP contribution in [0.2, 0.25) is 0 Å². The Balaban J connectivity index is 2.36. The highest BCUT2D eigenvalue weighted by molar-refractivity contribution is 5.07. The number of nitrogens with zero attached hydrogens (tertiary/aromatic N) is 2. The maximum Gasteiger partial charge on any atom is 0.330 e. The van der Waals surface area contributed by atoms with Gasteiger partial charge in [0.1, 0.15) is 12.3 Å². The van der Waals surface area contributed by atoms with Crippen LogP contribution in [0, 0.1) is 18.3 Å². The Morgan fingerprint density at radius 3 is 3.00 bits per heavy atom. The van der Waals surface area contributed by atoms with Crippen LogP contribution in [0.3, 0.4) is 0 Å². The van der Waals surface area contributed by atoms with Gasteiger partial charge < -0.3 is 9.84 Å². The molecule has 7 nitrogen and oxygen atoms in total. The van der Waals surface area contributed by atoms with E-state index >= 15 is 0 Å². The summed E-state index contributed by atoms with van der Waals surface area (Å²) in [7, 11) is 0. The van der Waals surface area contributed by atoms with Gasteiger partial charge in [-0.2, -0.15) is 5.26 Å². The minimum Gasteiger partial charge on any atom is -0.392 e. The molecule has 1 aromatic rings. The lowest BCUT2D eigenvalue weighted by Gasteiger charge is -2.20. The molecule has 0 saturated carbocycles. The van der Waals surface area contributed by atoms with Crippen molar-refractivity contribution in [1.29, 1.82) is 5.26 Å². The number of aliphatic hydroxyl groups is 1. The maximum atomic E-state index is 11.6. The van der Waals surface area contributed by atoms with E-state index in [0.717, 1.165) is 0 Å².